The first-order valence-electron chi connectivity index (χ1n) is 5.21. The summed E-state index contributed by atoms with van der Waals surface area (Å²) in [5.41, 5.74) is 6.82. The van der Waals surface area contributed by atoms with Gasteiger partial charge in [0.2, 0.25) is 0 Å². The van der Waals surface area contributed by atoms with Crippen LogP contribution in [0.4, 0.5) is 11.4 Å². The minimum atomic E-state index is -3.27. The Balaban J connectivity index is 2.96. The largest absolute Gasteiger partial charge is 0.396 e. The maximum absolute atomic E-state index is 11.5. The Kier molecular flexibility index (Phi) is 4.70. The molecular formula is C11H18N2O2S2. The van der Waals surface area contributed by atoms with E-state index in [1.165, 1.54) is 6.07 Å². The molecule has 6 heteroatoms. The quantitative estimate of drug-likeness (QED) is 0.802. The molecule has 3 N–H and O–H groups in total. The fraction of sp³-hybridized carbons (Fsp3) is 0.455. The van der Waals surface area contributed by atoms with Crippen molar-refractivity contribution in [3.63, 3.8) is 0 Å². The number of nitrogens with one attached hydrogen (secondary N) is 1. The summed E-state index contributed by atoms with van der Waals surface area (Å²) in [6.45, 7) is 2.84. The van der Waals surface area contributed by atoms with Crippen molar-refractivity contribution in [1.82, 2.24) is 0 Å². The second-order valence-electron chi connectivity index (χ2n) is 3.92. The molecule has 0 saturated heterocycles. The lowest BCUT2D eigenvalue weighted by Crippen LogP contribution is -2.14. The van der Waals surface area contributed by atoms with Crippen LogP contribution in [0.2, 0.25) is 0 Å². The van der Waals surface area contributed by atoms with Crippen LogP contribution in [0, 0.1) is 0 Å². The molecule has 1 rings (SSSR count). The van der Waals surface area contributed by atoms with Gasteiger partial charge in [0.1, 0.15) is 0 Å². The molecule has 0 radical (unpaired) electrons. The maximum Gasteiger partial charge on any atom is 0.177 e. The minimum absolute atomic E-state index is 0.180. The Bertz CT molecular complexity index is 486. The third kappa shape index (κ3) is 3.81. The molecule has 1 aromatic rings. The summed E-state index contributed by atoms with van der Waals surface area (Å²) in [5.74, 6) is 0. The van der Waals surface area contributed by atoms with Gasteiger partial charge in [0.15, 0.2) is 9.84 Å². The van der Waals surface area contributed by atoms with Crippen molar-refractivity contribution in [2.24, 2.45) is 0 Å². The summed E-state index contributed by atoms with van der Waals surface area (Å²) in [6, 6.07) is 5.00. The molecule has 4 nitrogen and oxygen atoms in total. The van der Waals surface area contributed by atoms with Crippen molar-refractivity contribution in [3.05, 3.63) is 18.2 Å². The molecular weight excluding hydrogens is 256 g/mol. The molecule has 0 aromatic heterocycles. The van der Waals surface area contributed by atoms with Gasteiger partial charge in [-0.05, 0) is 18.4 Å². The molecule has 0 aliphatic carbocycles. The van der Waals surface area contributed by atoms with E-state index in [0.29, 0.717) is 16.6 Å². The second-order valence-corrected chi connectivity index (χ2v) is 7.18. The average molecular weight is 274 g/mol. The van der Waals surface area contributed by atoms with E-state index in [2.05, 4.69) is 12.2 Å². The summed E-state index contributed by atoms with van der Waals surface area (Å²) < 4.78 is 23.0. The first-order valence-corrected chi connectivity index (χ1v) is 8.39. The number of thioether (sulfide) groups is 1. The Morgan fingerprint density at radius 3 is 2.65 bits per heavy atom. The van der Waals surface area contributed by atoms with E-state index in [1.54, 1.807) is 23.9 Å². The SMILES string of the molecule is CSC(C)CNc1cccc(S(C)(=O)=O)c1N. The lowest BCUT2D eigenvalue weighted by atomic mass is 10.2. The van der Waals surface area contributed by atoms with Crippen LogP contribution in [-0.2, 0) is 9.84 Å². The van der Waals surface area contributed by atoms with E-state index in [-0.39, 0.29) is 4.90 Å². The molecule has 0 spiro atoms. The molecule has 0 aliphatic rings. The third-order valence-corrected chi connectivity index (χ3v) is 4.57. The van der Waals surface area contributed by atoms with Crippen LogP contribution in [0.25, 0.3) is 0 Å². The van der Waals surface area contributed by atoms with Gasteiger partial charge in [0.25, 0.3) is 0 Å². The van der Waals surface area contributed by atoms with Crippen molar-refractivity contribution in [2.45, 2.75) is 17.1 Å². The van der Waals surface area contributed by atoms with Gasteiger partial charge in [-0.1, -0.05) is 13.0 Å². The van der Waals surface area contributed by atoms with Crippen LogP contribution in [0.15, 0.2) is 23.1 Å². The number of sulfone groups is 1. The van der Waals surface area contributed by atoms with Crippen LogP contribution < -0.4 is 11.1 Å². The Labute approximate surface area is 107 Å². The highest BCUT2D eigenvalue weighted by molar-refractivity contribution is 7.99. The molecule has 17 heavy (non-hydrogen) atoms. The molecule has 0 amide bonds. The Morgan fingerprint density at radius 1 is 1.47 bits per heavy atom. The van der Waals surface area contributed by atoms with E-state index in [9.17, 15) is 8.42 Å². The molecule has 1 unspecified atom stereocenters. The van der Waals surface area contributed by atoms with Gasteiger partial charge in [-0.3, -0.25) is 0 Å². The number of nitrogens with two attached hydrogens (primary N) is 1. The Morgan fingerprint density at radius 2 is 2.12 bits per heavy atom. The number of benzene rings is 1. The molecule has 96 valence electrons. The number of nitrogen functional groups attached to an aromatic ring is 1. The molecule has 0 saturated carbocycles. The number of anilines is 2. The van der Waals surface area contributed by atoms with Crippen LogP contribution in [0.1, 0.15) is 6.92 Å². The maximum atomic E-state index is 11.5. The van der Waals surface area contributed by atoms with Crippen LogP contribution in [-0.4, -0.2) is 32.7 Å². The predicted octanol–water partition coefficient (Wildman–Crippen LogP) is 1.84. The van der Waals surface area contributed by atoms with Crippen LogP contribution >= 0.6 is 11.8 Å². The van der Waals surface area contributed by atoms with E-state index < -0.39 is 9.84 Å². The lowest BCUT2D eigenvalue weighted by Gasteiger charge is -2.14. The highest BCUT2D eigenvalue weighted by atomic mass is 32.2. The highest BCUT2D eigenvalue weighted by Gasteiger charge is 2.14. The van der Waals surface area contributed by atoms with Gasteiger partial charge in [-0.25, -0.2) is 8.42 Å². The van der Waals surface area contributed by atoms with Gasteiger partial charge in [-0.15, -0.1) is 0 Å². The van der Waals surface area contributed by atoms with Gasteiger partial charge in [0.05, 0.1) is 16.3 Å². The minimum Gasteiger partial charge on any atom is -0.396 e. The summed E-state index contributed by atoms with van der Waals surface area (Å²) in [4.78, 5) is 0.180. The van der Waals surface area contributed by atoms with E-state index in [0.717, 1.165) is 12.8 Å². The first kappa shape index (κ1) is 14.2. The van der Waals surface area contributed by atoms with Crippen molar-refractivity contribution in [2.75, 3.05) is 30.1 Å². The predicted molar refractivity (Wildman–Crippen MR) is 75.4 cm³/mol. The van der Waals surface area contributed by atoms with Crippen LogP contribution in [0.3, 0.4) is 0 Å². The van der Waals surface area contributed by atoms with E-state index >= 15 is 0 Å². The van der Waals surface area contributed by atoms with Crippen molar-refractivity contribution < 1.29 is 8.42 Å². The summed E-state index contributed by atoms with van der Waals surface area (Å²) in [5, 5.41) is 3.61. The van der Waals surface area contributed by atoms with Crippen molar-refractivity contribution >= 4 is 33.0 Å². The topological polar surface area (TPSA) is 72.2 Å². The summed E-state index contributed by atoms with van der Waals surface area (Å²) >= 11 is 1.74. The molecule has 0 heterocycles. The van der Waals surface area contributed by atoms with Crippen molar-refractivity contribution in [3.8, 4) is 0 Å². The number of hydrogen-bond acceptors (Lipinski definition) is 5. The van der Waals surface area contributed by atoms with Gasteiger partial charge >= 0.3 is 0 Å². The van der Waals surface area contributed by atoms with Gasteiger partial charge in [0, 0.05) is 18.1 Å². The average Bonchev–Trinajstić information content (AvgIpc) is 2.25. The zero-order chi connectivity index (χ0) is 13.1. The first-order chi connectivity index (χ1) is 7.86. The smallest absolute Gasteiger partial charge is 0.177 e. The monoisotopic (exact) mass is 274 g/mol. The van der Waals surface area contributed by atoms with E-state index in [1.807, 2.05) is 6.26 Å². The van der Waals surface area contributed by atoms with Crippen molar-refractivity contribution in [1.29, 1.82) is 0 Å². The Hall–Kier alpha value is -0.880. The highest BCUT2D eigenvalue weighted by Crippen LogP contribution is 2.26. The third-order valence-electron chi connectivity index (χ3n) is 2.45. The van der Waals surface area contributed by atoms with E-state index in [4.69, 9.17) is 5.73 Å². The van der Waals surface area contributed by atoms with Crippen LogP contribution in [0.5, 0.6) is 0 Å². The molecule has 0 fully saturated rings. The van der Waals surface area contributed by atoms with Gasteiger partial charge < -0.3 is 11.1 Å². The normalized spacial score (nSPS) is 13.4. The standard InChI is InChI=1S/C11H18N2O2S2/c1-8(16-2)7-13-9-5-4-6-10(11(9)12)17(3,14)15/h4-6,8,13H,7,12H2,1-3H3. The summed E-state index contributed by atoms with van der Waals surface area (Å²) in [6.07, 6.45) is 3.19. The lowest BCUT2D eigenvalue weighted by molar-refractivity contribution is 0.602. The zero-order valence-corrected chi connectivity index (χ0v) is 11.9. The zero-order valence-electron chi connectivity index (χ0n) is 10.2. The fourth-order valence-corrected chi connectivity index (χ4v) is 2.44. The molecule has 1 aromatic carbocycles. The number of rotatable bonds is 5. The molecule has 0 bridgehead atoms. The van der Waals surface area contributed by atoms with Gasteiger partial charge in [-0.2, -0.15) is 11.8 Å². The fourth-order valence-electron chi connectivity index (χ4n) is 1.36. The molecule has 0 aliphatic heterocycles. The second kappa shape index (κ2) is 5.64. The summed E-state index contributed by atoms with van der Waals surface area (Å²) in [7, 11) is -3.27. The number of hydrogen-bond donors (Lipinski definition) is 2. The number of para-hydroxylation sites is 1. The molecule has 1 atom stereocenters.